The lowest BCUT2D eigenvalue weighted by Gasteiger charge is -2.23. The monoisotopic (exact) mass is 411 g/mol. The lowest BCUT2D eigenvalue weighted by Crippen LogP contribution is -2.43. The molecule has 2 unspecified atom stereocenters. The van der Waals surface area contributed by atoms with Gasteiger partial charge in [0.1, 0.15) is 17.6 Å². The molecule has 1 saturated heterocycles. The highest BCUT2D eigenvalue weighted by molar-refractivity contribution is 5.80. The molecule has 2 aromatic carbocycles. The Bertz CT molecular complexity index is 780. The van der Waals surface area contributed by atoms with Crippen LogP contribution in [-0.4, -0.2) is 57.4 Å². The van der Waals surface area contributed by atoms with Gasteiger partial charge in [-0.3, -0.25) is 4.99 Å². The van der Waals surface area contributed by atoms with Gasteiger partial charge in [-0.25, -0.2) is 0 Å². The average Bonchev–Trinajstić information content (AvgIpc) is 3.24. The maximum atomic E-state index is 5.98. The smallest absolute Gasteiger partial charge is 0.193 e. The Morgan fingerprint density at radius 3 is 2.57 bits per heavy atom. The highest BCUT2D eigenvalue weighted by Crippen LogP contribution is 2.19. The highest BCUT2D eigenvalue weighted by atomic mass is 16.5. The predicted molar refractivity (Wildman–Crippen MR) is 120 cm³/mol. The van der Waals surface area contributed by atoms with Crippen LogP contribution < -0.4 is 14.8 Å². The molecule has 2 atom stereocenters. The van der Waals surface area contributed by atoms with Crippen LogP contribution in [0.5, 0.6) is 11.5 Å². The summed E-state index contributed by atoms with van der Waals surface area (Å²) in [5.74, 6) is 3.10. The quantitative estimate of drug-likeness (QED) is 0.505. The molecule has 0 aromatic heterocycles. The van der Waals surface area contributed by atoms with E-state index in [0.29, 0.717) is 19.1 Å². The number of rotatable bonds is 9. The lowest BCUT2D eigenvalue weighted by molar-refractivity contribution is 0.0906. The maximum Gasteiger partial charge on any atom is 0.193 e. The van der Waals surface area contributed by atoms with Crippen LogP contribution in [0.4, 0.5) is 0 Å². The number of hydrogen-bond donors (Lipinski definition) is 1. The summed E-state index contributed by atoms with van der Waals surface area (Å²) < 4.78 is 17.1. The molecular weight excluding hydrogens is 378 g/mol. The second-order valence-corrected chi connectivity index (χ2v) is 7.63. The molecule has 0 radical (unpaired) electrons. The summed E-state index contributed by atoms with van der Waals surface area (Å²) in [5.41, 5.74) is 1.22. The first-order valence-corrected chi connectivity index (χ1v) is 10.6. The minimum atomic E-state index is 0.0164. The van der Waals surface area contributed by atoms with Gasteiger partial charge in [0.15, 0.2) is 5.96 Å². The molecule has 1 fully saturated rings. The summed E-state index contributed by atoms with van der Waals surface area (Å²) in [4.78, 5) is 6.75. The Balaban J connectivity index is 1.38. The van der Waals surface area contributed by atoms with E-state index in [1.807, 2.05) is 49.5 Å². The molecule has 1 aliphatic rings. The number of nitrogens with one attached hydrogen (secondary N) is 1. The fraction of sp³-hybridized carbons (Fsp3) is 0.458. The first-order valence-electron chi connectivity index (χ1n) is 10.6. The molecule has 30 heavy (non-hydrogen) atoms. The van der Waals surface area contributed by atoms with Crippen molar-refractivity contribution in [2.75, 3.05) is 40.4 Å². The summed E-state index contributed by atoms with van der Waals surface area (Å²) in [6.45, 7) is 6.14. The van der Waals surface area contributed by atoms with E-state index in [1.165, 1.54) is 5.56 Å². The van der Waals surface area contributed by atoms with E-state index >= 15 is 0 Å². The zero-order valence-corrected chi connectivity index (χ0v) is 18.2. The molecule has 2 aromatic rings. The van der Waals surface area contributed by atoms with Gasteiger partial charge in [-0.15, -0.1) is 0 Å². The molecule has 6 heteroatoms. The van der Waals surface area contributed by atoms with Crippen LogP contribution in [0.15, 0.2) is 59.6 Å². The van der Waals surface area contributed by atoms with Crippen molar-refractivity contribution >= 4 is 5.96 Å². The molecule has 0 saturated carbocycles. The van der Waals surface area contributed by atoms with Gasteiger partial charge < -0.3 is 24.4 Å². The van der Waals surface area contributed by atoms with Gasteiger partial charge in [0.05, 0.1) is 26.9 Å². The van der Waals surface area contributed by atoms with Gasteiger partial charge in [0.25, 0.3) is 0 Å². The molecule has 162 valence electrons. The molecule has 0 bridgehead atoms. The molecule has 1 aliphatic heterocycles. The van der Waals surface area contributed by atoms with Gasteiger partial charge in [-0.05, 0) is 43.2 Å². The number of likely N-dealkylation sites (tertiary alicyclic amines) is 1. The largest absolute Gasteiger partial charge is 0.497 e. The van der Waals surface area contributed by atoms with Crippen LogP contribution in [0.1, 0.15) is 18.9 Å². The van der Waals surface area contributed by atoms with Crippen LogP contribution >= 0.6 is 0 Å². The van der Waals surface area contributed by atoms with E-state index in [0.717, 1.165) is 43.6 Å². The van der Waals surface area contributed by atoms with E-state index in [4.69, 9.17) is 14.2 Å². The third-order valence-corrected chi connectivity index (χ3v) is 5.21. The van der Waals surface area contributed by atoms with Gasteiger partial charge in [-0.2, -0.15) is 0 Å². The Morgan fingerprint density at radius 2 is 1.87 bits per heavy atom. The van der Waals surface area contributed by atoms with Crippen molar-refractivity contribution in [2.45, 2.75) is 26.1 Å². The number of ether oxygens (including phenoxy) is 3. The lowest BCUT2D eigenvalue weighted by atomic mass is 10.1. The molecule has 3 rings (SSSR count). The topological polar surface area (TPSA) is 55.3 Å². The minimum Gasteiger partial charge on any atom is -0.497 e. The summed E-state index contributed by atoms with van der Waals surface area (Å²) in [6.07, 6.45) is 1.13. The van der Waals surface area contributed by atoms with Gasteiger partial charge >= 0.3 is 0 Å². The normalized spacial score (nSPS) is 17.6. The minimum absolute atomic E-state index is 0.0164. The zero-order valence-electron chi connectivity index (χ0n) is 18.2. The number of guanidine groups is 1. The van der Waals surface area contributed by atoms with Crippen LogP contribution in [0.25, 0.3) is 0 Å². The van der Waals surface area contributed by atoms with Crippen molar-refractivity contribution in [1.29, 1.82) is 0 Å². The van der Waals surface area contributed by atoms with Crippen LogP contribution in [0.2, 0.25) is 0 Å². The molecule has 6 nitrogen and oxygen atoms in total. The molecule has 1 heterocycles. The van der Waals surface area contributed by atoms with E-state index in [-0.39, 0.29) is 6.10 Å². The first-order chi connectivity index (χ1) is 14.7. The number of benzene rings is 2. The number of methoxy groups -OCH3 is 1. The Labute approximate surface area is 179 Å². The second-order valence-electron chi connectivity index (χ2n) is 7.63. The van der Waals surface area contributed by atoms with Gasteiger partial charge in [0.2, 0.25) is 0 Å². The van der Waals surface area contributed by atoms with E-state index in [2.05, 4.69) is 34.3 Å². The molecular formula is C24H33N3O3. The molecule has 0 aliphatic carbocycles. The predicted octanol–water partition coefficient (Wildman–Crippen LogP) is 3.58. The van der Waals surface area contributed by atoms with Crippen molar-refractivity contribution in [3.8, 4) is 11.5 Å². The summed E-state index contributed by atoms with van der Waals surface area (Å²) >= 11 is 0. The second kappa shape index (κ2) is 11.5. The number of hydrogen-bond acceptors (Lipinski definition) is 4. The Hall–Kier alpha value is -2.73. The maximum absolute atomic E-state index is 5.98. The van der Waals surface area contributed by atoms with E-state index < -0.39 is 0 Å². The summed E-state index contributed by atoms with van der Waals surface area (Å²) in [6, 6.07) is 18.0. The summed E-state index contributed by atoms with van der Waals surface area (Å²) in [5, 5.41) is 3.44. The fourth-order valence-electron chi connectivity index (χ4n) is 3.57. The standard InChI is InChI=1S/C24H33N3O3/c1-19(30-23-11-9-22(28-3)10-12-23)15-26-24(25-2)27-14-13-21(16-27)18-29-17-20-7-5-4-6-8-20/h4-12,19,21H,13-18H2,1-3H3,(H,25,26). The van der Waals surface area contributed by atoms with Crippen molar-refractivity contribution < 1.29 is 14.2 Å². The number of aliphatic imine (C=N–C) groups is 1. The zero-order chi connectivity index (χ0) is 21.2. The summed E-state index contributed by atoms with van der Waals surface area (Å²) in [7, 11) is 3.49. The van der Waals surface area contributed by atoms with Crippen LogP contribution in [0, 0.1) is 5.92 Å². The molecule has 1 N–H and O–H groups in total. The Morgan fingerprint density at radius 1 is 1.13 bits per heavy atom. The third-order valence-electron chi connectivity index (χ3n) is 5.21. The SMILES string of the molecule is CN=C(NCC(C)Oc1ccc(OC)cc1)N1CCC(COCc2ccccc2)C1. The van der Waals surface area contributed by atoms with Crippen molar-refractivity contribution in [2.24, 2.45) is 10.9 Å². The third kappa shape index (κ3) is 6.66. The van der Waals surface area contributed by atoms with Crippen molar-refractivity contribution in [1.82, 2.24) is 10.2 Å². The Kier molecular flexibility index (Phi) is 8.39. The van der Waals surface area contributed by atoms with Crippen molar-refractivity contribution in [3.05, 3.63) is 60.2 Å². The molecule has 0 amide bonds. The molecule has 0 spiro atoms. The van der Waals surface area contributed by atoms with E-state index in [1.54, 1.807) is 7.11 Å². The highest BCUT2D eigenvalue weighted by Gasteiger charge is 2.25. The van der Waals surface area contributed by atoms with Crippen molar-refractivity contribution in [3.63, 3.8) is 0 Å². The van der Waals surface area contributed by atoms with Crippen LogP contribution in [0.3, 0.4) is 0 Å². The fourth-order valence-corrected chi connectivity index (χ4v) is 3.57. The van der Waals surface area contributed by atoms with Crippen LogP contribution in [-0.2, 0) is 11.3 Å². The average molecular weight is 412 g/mol. The van der Waals surface area contributed by atoms with Gasteiger partial charge in [0, 0.05) is 26.1 Å². The van der Waals surface area contributed by atoms with Gasteiger partial charge in [-0.1, -0.05) is 30.3 Å². The number of nitrogens with zero attached hydrogens (tertiary/aromatic N) is 2. The first kappa shape index (κ1) is 22.0. The van der Waals surface area contributed by atoms with E-state index in [9.17, 15) is 0 Å².